The van der Waals surface area contributed by atoms with Crippen molar-refractivity contribution in [3.05, 3.63) is 75.8 Å². The summed E-state index contributed by atoms with van der Waals surface area (Å²) in [4.78, 5) is 20.0. The third-order valence-corrected chi connectivity index (χ3v) is 8.56. The molecule has 4 aromatic rings. The van der Waals surface area contributed by atoms with Crippen LogP contribution in [0.4, 0.5) is 14.6 Å². The van der Waals surface area contributed by atoms with E-state index in [-0.39, 0.29) is 38.5 Å². The first-order valence-corrected chi connectivity index (χ1v) is 13.3. The number of hydrogen-bond acceptors (Lipinski definition) is 5. The standard InChI is InChI=1S/C28H26ClF2N3O2S/c1-36-22-10-7-16(17-11-12-33-23(32)14-17)13-18(22)15-34(19-5-3-2-4-6-19)28(35)27-25(29)24-20(30)8-9-21(31)26(24)37-27/h7-14,19H,2-6,15H2,1H3,(H2,32,33). The number of rotatable bonds is 6. The molecule has 2 aromatic heterocycles. The maximum Gasteiger partial charge on any atom is 0.266 e. The van der Waals surface area contributed by atoms with Crippen LogP contribution in [0.2, 0.25) is 5.02 Å². The molecule has 5 rings (SSSR count). The van der Waals surface area contributed by atoms with E-state index in [1.807, 2.05) is 24.3 Å². The van der Waals surface area contributed by atoms with Crippen molar-refractivity contribution in [2.45, 2.75) is 44.7 Å². The van der Waals surface area contributed by atoms with Crippen LogP contribution in [0.3, 0.4) is 0 Å². The van der Waals surface area contributed by atoms with E-state index in [9.17, 15) is 13.6 Å². The molecule has 0 aliphatic heterocycles. The van der Waals surface area contributed by atoms with Crippen molar-refractivity contribution >= 4 is 44.7 Å². The van der Waals surface area contributed by atoms with Gasteiger partial charge in [-0.05, 0) is 60.4 Å². The Labute approximate surface area is 222 Å². The zero-order valence-electron chi connectivity index (χ0n) is 20.3. The van der Waals surface area contributed by atoms with Gasteiger partial charge >= 0.3 is 0 Å². The number of carbonyl (C=O) groups is 1. The summed E-state index contributed by atoms with van der Waals surface area (Å²) in [5.74, 6) is -0.534. The number of benzene rings is 2. The highest BCUT2D eigenvalue weighted by atomic mass is 35.5. The second-order valence-electron chi connectivity index (χ2n) is 9.20. The molecule has 37 heavy (non-hydrogen) atoms. The highest BCUT2D eigenvalue weighted by Crippen LogP contribution is 2.40. The van der Waals surface area contributed by atoms with Crippen molar-refractivity contribution in [2.75, 3.05) is 12.8 Å². The predicted molar refractivity (Wildman–Crippen MR) is 144 cm³/mol. The Hall–Kier alpha value is -3.23. The molecule has 2 N–H and O–H groups in total. The first-order valence-electron chi connectivity index (χ1n) is 12.1. The van der Waals surface area contributed by atoms with Gasteiger partial charge in [-0.25, -0.2) is 13.8 Å². The average Bonchev–Trinajstić information content (AvgIpc) is 3.27. The summed E-state index contributed by atoms with van der Waals surface area (Å²) in [5.41, 5.74) is 8.50. The molecule has 1 fully saturated rings. The van der Waals surface area contributed by atoms with Gasteiger partial charge < -0.3 is 15.4 Å². The van der Waals surface area contributed by atoms with Gasteiger partial charge in [0.2, 0.25) is 0 Å². The van der Waals surface area contributed by atoms with Gasteiger partial charge in [0.15, 0.2) is 0 Å². The molecule has 2 aromatic carbocycles. The molecule has 0 radical (unpaired) electrons. The van der Waals surface area contributed by atoms with Crippen molar-refractivity contribution in [3.8, 4) is 16.9 Å². The highest BCUT2D eigenvalue weighted by molar-refractivity contribution is 7.21. The molecule has 9 heteroatoms. The van der Waals surface area contributed by atoms with Crippen molar-refractivity contribution in [1.29, 1.82) is 0 Å². The fourth-order valence-corrected chi connectivity index (χ4v) is 6.52. The Bertz CT molecular complexity index is 1470. The summed E-state index contributed by atoms with van der Waals surface area (Å²) in [5, 5.41) is -0.0933. The Morgan fingerprint density at radius 1 is 1.11 bits per heavy atom. The van der Waals surface area contributed by atoms with Gasteiger partial charge in [0.25, 0.3) is 5.91 Å². The molecule has 1 aliphatic rings. The lowest BCUT2D eigenvalue weighted by atomic mass is 9.93. The van der Waals surface area contributed by atoms with E-state index in [1.54, 1.807) is 24.3 Å². The number of fused-ring (bicyclic) bond motifs is 1. The minimum absolute atomic E-state index is 0.0258. The van der Waals surface area contributed by atoms with Crippen LogP contribution in [0.15, 0.2) is 48.7 Å². The highest BCUT2D eigenvalue weighted by Gasteiger charge is 2.31. The molecule has 0 atom stereocenters. The molecule has 0 spiro atoms. The number of thiophene rings is 1. The lowest BCUT2D eigenvalue weighted by molar-refractivity contribution is 0.0618. The fraction of sp³-hybridized carbons (Fsp3) is 0.286. The minimum atomic E-state index is -0.646. The number of aromatic nitrogens is 1. The third-order valence-electron chi connectivity index (χ3n) is 6.89. The van der Waals surface area contributed by atoms with Crippen LogP contribution in [-0.2, 0) is 6.54 Å². The van der Waals surface area contributed by atoms with E-state index in [0.29, 0.717) is 11.6 Å². The Balaban J connectivity index is 1.57. The number of hydrogen-bond donors (Lipinski definition) is 1. The zero-order valence-corrected chi connectivity index (χ0v) is 21.8. The first-order chi connectivity index (χ1) is 17.9. The van der Waals surface area contributed by atoms with E-state index < -0.39 is 11.6 Å². The number of halogens is 3. The summed E-state index contributed by atoms with van der Waals surface area (Å²) in [6.45, 7) is 0.261. The van der Waals surface area contributed by atoms with Gasteiger partial charge in [0.05, 0.1) is 22.2 Å². The quantitative estimate of drug-likeness (QED) is 0.275. The number of carbonyl (C=O) groups excluding carboxylic acids is 1. The molecule has 0 saturated heterocycles. The molecule has 1 saturated carbocycles. The number of anilines is 1. The molecule has 5 nitrogen and oxygen atoms in total. The number of ether oxygens (including phenoxy) is 1. The summed E-state index contributed by atoms with van der Waals surface area (Å²) in [7, 11) is 1.59. The van der Waals surface area contributed by atoms with E-state index in [0.717, 1.165) is 72.3 Å². The largest absolute Gasteiger partial charge is 0.496 e. The molecule has 0 bridgehead atoms. The van der Waals surface area contributed by atoms with Gasteiger partial charge in [0.1, 0.15) is 28.1 Å². The summed E-state index contributed by atoms with van der Waals surface area (Å²) in [6, 6.07) is 11.5. The Morgan fingerprint density at radius 2 is 1.84 bits per heavy atom. The third kappa shape index (κ3) is 5.00. The lowest BCUT2D eigenvalue weighted by Crippen LogP contribution is -2.40. The van der Waals surface area contributed by atoms with Gasteiger partial charge in [-0.15, -0.1) is 11.3 Å². The number of pyridine rings is 1. The van der Waals surface area contributed by atoms with Gasteiger partial charge in [-0.1, -0.05) is 36.9 Å². The predicted octanol–water partition coefficient (Wildman–Crippen LogP) is 7.46. The lowest BCUT2D eigenvalue weighted by Gasteiger charge is -2.34. The van der Waals surface area contributed by atoms with Gasteiger partial charge in [-0.3, -0.25) is 4.79 Å². The second-order valence-corrected chi connectivity index (χ2v) is 10.6. The molecule has 2 heterocycles. The second kappa shape index (κ2) is 10.6. The number of amides is 1. The van der Waals surface area contributed by atoms with E-state index in [2.05, 4.69) is 4.98 Å². The number of nitrogens with two attached hydrogens (primary N) is 1. The maximum absolute atomic E-state index is 14.5. The van der Waals surface area contributed by atoms with Crippen molar-refractivity contribution in [1.82, 2.24) is 9.88 Å². The van der Waals surface area contributed by atoms with Crippen LogP contribution in [0.25, 0.3) is 21.2 Å². The summed E-state index contributed by atoms with van der Waals surface area (Å²) >= 11 is 7.40. The smallest absolute Gasteiger partial charge is 0.266 e. The van der Waals surface area contributed by atoms with Gasteiger partial charge in [-0.2, -0.15) is 0 Å². The topological polar surface area (TPSA) is 68.5 Å². The maximum atomic E-state index is 14.5. The summed E-state index contributed by atoms with van der Waals surface area (Å²) in [6.07, 6.45) is 6.46. The van der Waals surface area contributed by atoms with Crippen molar-refractivity contribution in [2.24, 2.45) is 0 Å². The molecule has 1 aliphatic carbocycles. The SMILES string of the molecule is COc1ccc(-c2ccnc(N)c2)cc1CN(C(=O)c1sc2c(F)ccc(F)c2c1Cl)C1CCCCC1. The van der Waals surface area contributed by atoms with Crippen LogP contribution >= 0.6 is 22.9 Å². The van der Waals surface area contributed by atoms with Gasteiger partial charge in [0, 0.05) is 24.3 Å². The Kier molecular flexibility index (Phi) is 7.31. The first kappa shape index (κ1) is 25.4. The molecule has 0 unspecified atom stereocenters. The zero-order chi connectivity index (χ0) is 26.1. The van der Waals surface area contributed by atoms with Crippen LogP contribution < -0.4 is 10.5 Å². The number of methoxy groups -OCH3 is 1. The van der Waals surface area contributed by atoms with Crippen LogP contribution in [0.5, 0.6) is 5.75 Å². The molecule has 192 valence electrons. The summed E-state index contributed by atoms with van der Waals surface area (Å²) < 4.78 is 34.7. The molecular weight excluding hydrogens is 516 g/mol. The average molecular weight is 542 g/mol. The Morgan fingerprint density at radius 3 is 2.54 bits per heavy atom. The van der Waals surface area contributed by atoms with E-state index >= 15 is 0 Å². The minimum Gasteiger partial charge on any atom is -0.496 e. The molecule has 1 amide bonds. The number of nitrogens with zero attached hydrogens (tertiary/aromatic N) is 2. The van der Waals surface area contributed by atoms with Crippen LogP contribution in [0, 0.1) is 11.6 Å². The van der Waals surface area contributed by atoms with Crippen LogP contribution in [-0.4, -0.2) is 28.9 Å². The van der Waals surface area contributed by atoms with Crippen molar-refractivity contribution in [3.63, 3.8) is 0 Å². The van der Waals surface area contributed by atoms with Crippen molar-refractivity contribution < 1.29 is 18.3 Å². The fourth-order valence-electron chi connectivity index (χ4n) is 5.02. The van der Waals surface area contributed by atoms with E-state index in [1.165, 1.54) is 0 Å². The van der Waals surface area contributed by atoms with Crippen LogP contribution in [0.1, 0.15) is 47.3 Å². The number of nitrogen functional groups attached to an aromatic ring is 1. The van der Waals surface area contributed by atoms with E-state index in [4.69, 9.17) is 22.1 Å². The molecular formula is C28H26ClF2N3O2S. The normalized spacial score (nSPS) is 14.2. The monoisotopic (exact) mass is 541 g/mol.